The third kappa shape index (κ3) is 2.66. The number of aryl methyl sites for hydroxylation is 1. The maximum atomic E-state index is 11.5. The van der Waals surface area contributed by atoms with Gasteiger partial charge in [0.25, 0.3) is 0 Å². The molecule has 0 aliphatic carbocycles. The second-order valence-corrected chi connectivity index (χ2v) is 3.62. The lowest BCUT2D eigenvalue weighted by Gasteiger charge is -2.12. The summed E-state index contributed by atoms with van der Waals surface area (Å²) in [5.74, 6) is -0.582. The van der Waals surface area contributed by atoms with Gasteiger partial charge in [-0.05, 0) is 31.0 Å². The number of phenols is 1. The van der Waals surface area contributed by atoms with Crippen molar-refractivity contribution in [1.29, 1.82) is 0 Å². The Morgan fingerprint density at radius 2 is 2.19 bits per heavy atom. The van der Waals surface area contributed by atoms with Gasteiger partial charge in [-0.1, -0.05) is 6.92 Å². The number of carbonyl (C=O) groups excluding carboxylic acids is 1. The molecule has 0 radical (unpaired) electrons. The van der Waals surface area contributed by atoms with E-state index < -0.39 is 5.97 Å². The lowest BCUT2D eigenvalue weighted by Crippen LogP contribution is -2.09. The van der Waals surface area contributed by atoms with Crippen molar-refractivity contribution < 1.29 is 14.6 Å². The Kier molecular flexibility index (Phi) is 4.17. The minimum Gasteiger partial charge on any atom is -0.507 e. The van der Waals surface area contributed by atoms with E-state index in [1.54, 1.807) is 6.07 Å². The summed E-state index contributed by atoms with van der Waals surface area (Å²) in [5.41, 5.74) is 1.71. The maximum absolute atomic E-state index is 11.5. The van der Waals surface area contributed by atoms with Gasteiger partial charge in [0, 0.05) is 6.54 Å². The highest BCUT2D eigenvalue weighted by Gasteiger charge is 2.17. The average Bonchev–Trinajstić information content (AvgIpc) is 2.24. The summed E-state index contributed by atoms with van der Waals surface area (Å²) in [6.07, 6.45) is 0.940. The second-order valence-electron chi connectivity index (χ2n) is 3.62. The molecule has 1 aromatic rings. The lowest BCUT2D eigenvalue weighted by atomic mass is 10.1. The van der Waals surface area contributed by atoms with E-state index >= 15 is 0 Å². The van der Waals surface area contributed by atoms with E-state index in [9.17, 15) is 9.90 Å². The van der Waals surface area contributed by atoms with Crippen LogP contribution in [0.15, 0.2) is 12.1 Å². The van der Waals surface area contributed by atoms with Gasteiger partial charge in [-0.25, -0.2) is 4.79 Å². The molecule has 88 valence electrons. The van der Waals surface area contributed by atoms with Gasteiger partial charge < -0.3 is 15.2 Å². The minimum atomic E-state index is -0.531. The Bertz CT molecular complexity index is 388. The van der Waals surface area contributed by atoms with Crippen LogP contribution in [0.5, 0.6) is 5.75 Å². The Balaban J connectivity index is 3.15. The highest BCUT2D eigenvalue weighted by Crippen LogP contribution is 2.28. The van der Waals surface area contributed by atoms with Crippen molar-refractivity contribution >= 4 is 11.7 Å². The maximum Gasteiger partial charge on any atom is 0.343 e. The zero-order valence-corrected chi connectivity index (χ0v) is 9.83. The number of aromatic hydroxyl groups is 1. The van der Waals surface area contributed by atoms with Crippen LogP contribution in [-0.2, 0) is 4.74 Å². The van der Waals surface area contributed by atoms with E-state index in [-0.39, 0.29) is 11.3 Å². The zero-order chi connectivity index (χ0) is 12.1. The normalized spacial score (nSPS) is 9.94. The van der Waals surface area contributed by atoms with Gasteiger partial charge in [-0.3, -0.25) is 0 Å². The summed E-state index contributed by atoms with van der Waals surface area (Å²) in [6, 6.07) is 3.37. The summed E-state index contributed by atoms with van der Waals surface area (Å²) in [4.78, 5) is 11.5. The van der Waals surface area contributed by atoms with Crippen molar-refractivity contribution in [2.75, 3.05) is 19.0 Å². The number of hydrogen-bond donors (Lipinski definition) is 2. The van der Waals surface area contributed by atoms with E-state index in [2.05, 4.69) is 10.1 Å². The first-order valence-corrected chi connectivity index (χ1v) is 5.26. The van der Waals surface area contributed by atoms with Crippen LogP contribution < -0.4 is 5.32 Å². The Morgan fingerprint density at radius 3 is 2.75 bits per heavy atom. The average molecular weight is 223 g/mol. The van der Waals surface area contributed by atoms with Crippen LogP contribution in [0.2, 0.25) is 0 Å². The molecule has 0 unspecified atom stereocenters. The van der Waals surface area contributed by atoms with Crippen LogP contribution in [-0.4, -0.2) is 24.7 Å². The molecule has 0 bridgehead atoms. The Labute approximate surface area is 95.2 Å². The third-order valence-corrected chi connectivity index (χ3v) is 2.22. The van der Waals surface area contributed by atoms with Crippen LogP contribution in [0.4, 0.5) is 5.69 Å². The van der Waals surface area contributed by atoms with Gasteiger partial charge in [0.1, 0.15) is 11.3 Å². The van der Waals surface area contributed by atoms with Gasteiger partial charge in [-0.2, -0.15) is 0 Å². The molecule has 4 heteroatoms. The number of benzene rings is 1. The number of hydrogen-bond acceptors (Lipinski definition) is 4. The molecule has 0 aliphatic rings. The molecule has 0 spiro atoms. The number of anilines is 1. The van der Waals surface area contributed by atoms with E-state index in [1.165, 1.54) is 7.11 Å². The van der Waals surface area contributed by atoms with E-state index in [4.69, 9.17) is 0 Å². The quantitative estimate of drug-likeness (QED) is 0.769. The molecule has 0 amide bonds. The predicted molar refractivity (Wildman–Crippen MR) is 63.0 cm³/mol. The molecular formula is C12H17NO3. The number of nitrogens with one attached hydrogen (secondary N) is 1. The molecule has 1 aromatic carbocycles. The topological polar surface area (TPSA) is 58.6 Å². The smallest absolute Gasteiger partial charge is 0.343 e. The van der Waals surface area contributed by atoms with Gasteiger partial charge in [0.15, 0.2) is 0 Å². The fourth-order valence-electron chi connectivity index (χ4n) is 1.48. The first-order chi connectivity index (χ1) is 7.60. The zero-order valence-electron chi connectivity index (χ0n) is 9.83. The largest absolute Gasteiger partial charge is 0.507 e. The number of rotatable bonds is 4. The summed E-state index contributed by atoms with van der Waals surface area (Å²) in [7, 11) is 1.30. The highest BCUT2D eigenvalue weighted by molar-refractivity contribution is 5.98. The van der Waals surface area contributed by atoms with Gasteiger partial charge in [0.2, 0.25) is 0 Å². The molecular weight excluding hydrogens is 206 g/mol. The van der Waals surface area contributed by atoms with Crippen LogP contribution in [0.25, 0.3) is 0 Å². The monoisotopic (exact) mass is 223 g/mol. The fourth-order valence-corrected chi connectivity index (χ4v) is 1.48. The number of esters is 1. The molecule has 0 heterocycles. The lowest BCUT2D eigenvalue weighted by molar-refractivity contribution is 0.0598. The first-order valence-electron chi connectivity index (χ1n) is 5.26. The Hall–Kier alpha value is -1.71. The van der Waals surface area contributed by atoms with Gasteiger partial charge >= 0.3 is 5.97 Å². The molecule has 0 saturated heterocycles. The van der Waals surface area contributed by atoms with Crippen molar-refractivity contribution in [1.82, 2.24) is 0 Å². The molecule has 0 aliphatic heterocycles. The molecule has 16 heavy (non-hydrogen) atoms. The molecule has 4 nitrogen and oxygen atoms in total. The molecule has 2 N–H and O–H groups in total. The number of ether oxygens (including phenoxy) is 1. The van der Waals surface area contributed by atoms with E-state index in [0.717, 1.165) is 18.5 Å². The number of phenolic OH excluding ortho intramolecular Hbond substituents is 1. The van der Waals surface area contributed by atoms with Crippen molar-refractivity contribution in [2.45, 2.75) is 20.3 Å². The van der Waals surface area contributed by atoms with Crippen molar-refractivity contribution in [3.8, 4) is 5.75 Å². The van der Waals surface area contributed by atoms with Crippen molar-refractivity contribution in [2.24, 2.45) is 0 Å². The summed E-state index contributed by atoms with van der Waals surface area (Å²) in [5, 5.41) is 12.8. The first kappa shape index (κ1) is 12.4. The minimum absolute atomic E-state index is 0.0505. The second kappa shape index (κ2) is 5.39. The van der Waals surface area contributed by atoms with Crippen LogP contribution in [0, 0.1) is 6.92 Å². The molecule has 0 atom stereocenters. The summed E-state index contributed by atoms with van der Waals surface area (Å²) >= 11 is 0. The molecule has 0 aromatic heterocycles. The van der Waals surface area contributed by atoms with Crippen molar-refractivity contribution in [3.05, 3.63) is 23.3 Å². The molecule has 0 fully saturated rings. The number of carbonyl (C=O) groups is 1. The van der Waals surface area contributed by atoms with E-state index in [1.807, 2.05) is 19.9 Å². The van der Waals surface area contributed by atoms with Gasteiger partial charge in [-0.15, -0.1) is 0 Å². The van der Waals surface area contributed by atoms with Crippen LogP contribution in [0.1, 0.15) is 29.3 Å². The summed E-state index contributed by atoms with van der Waals surface area (Å²) < 4.78 is 4.64. The van der Waals surface area contributed by atoms with Crippen LogP contribution >= 0.6 is 0 Å². The fraction of sp³-hybridized carbons (Fsp3) is 0.417. The Morgan fingerprint density at radius 1 is 1.50 bits per heavy atom. The SMILES string of the molecule is CCCNc1cc(C)cc(O)c1C(=O)OC. The number of methoxy groups -OCH3 is 1. The highest BCUT2D eigenvalue weighted by atomic mass is 16.5. The third-order valence-electron chi connectivity index (χ3n) is 2.22. The van der Waals surface area contributed by atoms with Crippen LogP contribution in [0.3, 0.4) is 0 Å². The van der Waals surface area contributed by atoms with Crippen molar-refractivity contribution in [3.63, 3.8) is 0 Å². The summed E-state index contributed by atoms with van der Waals surface area (Å²) in [6.45, 7) is 4.63. The predicted octanol–water partition coefficient (Wildman–Crippen LogP) is 2.31. The van der Waals surface area contributed by atoms with Gasteiger partial charge in [0.05, 0.1) is 12.8 Å². The van der Waals surface area contributed by atoms with E-state index in [0.29, 0.717) is 5.69 Å². The standard InChI is InChI=1S/C12H17NO3/c1-4-5-13-9-6-8(2)7-10(14)11(9)12(15)16-3/h6-7,13-14H,4-5H2,1-3H3. The molecule has 0 saturated carbocycles. The molecule has 1 rings (SSSR count).